The number of nitrogens with zero attached hydrogens (tertiary/aromatic N) is 1. The lowest BCUT2D eigenvalue weighted by molar-refractivity contribution is -0.121. The first-order valence-electron chi connectivity index (χ1n) is 5.10. The van der Waals surface area contributed by atoms with E-state index >= 15 is 0 Å². The minimum absolute atomic E-state index is 0.287. The first kappa shape index (κ1) is 10.6. The molecule has 1 aliphatic heterocycles. The molecule has 1 aromatic rings. The summed E-state index contributed by atoms with van der Waals surface area (Å²) in [7, 11) is 0. The van der Waals surface area contributed by atoms with Gasteiger partial charge in [0.05, 0.1) is 0 Å². The van der Waals surface area contributed by atoms with Crippen LogP contribution in [0.5, 0.6) is 0 Å². The summed E-state index contributed by atoms with van der Waals surface area (Å²) in [6.07, 6.45) is 0. The smallest absolute Gasteiger partial charge is 0.325 e. The van der Waals surface area contributed by atoms with E-state index in [0.717, 1.165) is 5.56 Å². The number of urea groups is 1. The van der Waals surface area contributed by atoms with E-state index in [0.29, 0.717) is 13.1 Å². The zero-order valence-corrected chi connectivity index (χ0v) is 8.72. The number of hydrogen-bond acceptors (Lipinski definition) is 3. The van der Waals surface area contributed by atoms with E-state index in [9.17, 15) is 9.59 Å². The summed E-state index contributed by atoms with van der Waals surface area (Å²) in [6, 6.07) is 8.28. The molecule has 0 bridgehead atoms. The molecule has 3 N–H and O–H groups in total. The number of amides is 3. The van der Waals surface area contributed by atoms with Crippen molar-refractivity contribution in [2.75, 3.05) is 13.1 Å². The zero-order chi connectivity index (χ0) is 11.5. The van der Waals surface area contributed by atoms with E-state index < -0.39 is 6.04 Å². The summed E-state index contributed by atoms with van der Waals surface area (Å²) < 4.78 is 0. The van der Waals surface area contributed by atoms with Crippen LogP contribution >= 0.6 is 0 Å². The van der Waals surface area contributed by atoms with Gasteiger partial charge in [-0.3, -0.25) is 10.1 Å². The number of carbonyl (C=O) groups excluding carboxylic acids is 2. The van der Waals surface area contributed by atoms with Crippen molar-refractivity contribution in [1.82, 2.24) is 10.2 Å². The number of hydrogen-bond donors (Lipinski definition) is 2. The Bertz CT molecular complexity index is 405. The Kier molecular flexibility index (Phi) is 2.87. The van der Waals surface area contributed by atoms with Crippen molar-refractivity contribution in [1.29, 1.82) is 0 Å². The fourth-order valence-electron chi connectivity index (χ4n) is 1.84. The minimum Gasteiger partial charge on any atom is -0.329 e. The Morgan fingerprint density at radius 3 is 2.56 bits per heavy atom. The molecule has 84 valence electrons. The first-order valence-corrected chi connectivity index (χ1v) is 5.10. The van der Waals surface area contributed by atoms with Crippen LogP contribution in [0.3, 0.4) is 0 Å². The van der Waals surface area contributed by atoms with Crippen LogP contribution in [0.15, 0.2) is 30.3 Å². The highest BCUT2D eigenvalue weighted by molar-refractivity contribution is 6.04. The summed E-state index contributed by atoms with van der Waals surface area (Å²) >= 11 is 0. The molecule has 0 radical (unpaired) electrons. The molecule has 1 fully saturated rings. The SMILES string of the molecule is NCCN1C(=O)NC(=O)C1c1ccccc1. The van der Waals surface area contributed by atoms with Crippen LogP contribution in [-0.2, 0) is 4.79 Å². The standard InChI is InChI=1S/C11H13N3O2/c12-6-7-14-9(10(15)13-11(14)16)8-4-2-1-3-5-8/h1-5,9H,6-7,12H2,(H,13,15,16). The Balaban J connectivity index is 2.30. The van der Waals surface area contributed by atoms with Gasteiger partial charge in [-0.15, -0.1) is 0 Å². The van der Waals surface area contributed by atoms with Gasteiger partial charge in [0.25, 0.3) is 5.91 Å². The summed E-state index contributed by atoms with van der Waals surface area (Å²) in [6.45, 7) is 0.709. The van der Waals surface area contributed by atoms with Crippen molar-refractivity contribution in [3.05, 3.63) is 35.9 Å². The second-order valence-corrected chi connectivity index (χ2v) is 3.59. The van der Waals surface area contributed by atoms with Gasteiger partial charge in [-0.2, -0.15) is 0 Å². The largest absolute Gasteiger partial charge is 0.329 e. The van der Waals surface area contributed by atoms with Gasteiger partial charge in [0, 0.05) is 13.1 Å². The average molecular weight is 219 g/mol. The van der Waals surface area contributed by atoms with Crippen LogP contribution in [0.1, 0.15) is 11.6 Å². The van der Waals surface area contributed by atoms with Crippen molar-refractivity contribution >= 4 is 11.9 Å². The summed E-state index contributed by atoms with van der Waals surface area (Å²) in [5.41, 5.74) is 6.23. The monoisotopic (exact) mass is 219 g/mol. The Morgan fingerprint density at radius 2 is 1.94 bits per heavy atom. The van der Waals surface area contributed by atoms with Gasteiger partial charge in [-0.05, 0) is 5.56 Å². The molecular weight excluding hydrogens is 206 g/mol. The number of imide groups is 1. The quantitative estimate of drug-likeness (QED) is 0.715. The van der Waals surface area contributed by atoms with Gasteiger partial charge >= 0.3 is 6.03 Å². The lowest BCUT2D eigenvalue weighted by Crippen LogP contribution is -2.34. The Morgan fingerprint density at radius 1 is 1.25 bits per heavy atom. The normalized spacial score (nSPS) is 20.1. The van der Waals surface area contributed by atoms with E-state index in [2.05, 4.69) is 5.32 Å². The second kappa shape index (κ2) is 4.32. The molecule has 1 aromatic carbocycles. The maximum Gasteiger partial charge on any atom is 0.325 e. The van der Waals surface area contributed by atoms with Gasteiger partial charge in [-0.25, -0.2) is 4.79 Å². The van der Waals surface area contributed by atoms with Gasteiger partial charge in [0.2, 0.25) is 0 Å². The van der Waals surface area contributed by atoms with Crippen LogP contribution in [0, 0.1) is 0 Å². The number of nitrogens with two attached hydrogens (primary N) is 1. The van der Waals surface area contributed by atoms with Gasteiger partial charge < -0.3 is 10.6 Å². The van der Waals surface area contributed by atoms with Crippen molar-refractivity contribution in [3.63, 3.8) is 0 Å². The Hall–Kier alpha value is -1.88. The average Bonchev–Trinajstić information content (AvgIpc) is 2.56. The van der Waals surface area contributed by atoms with Crippen molar-refractivity contribution < 1.29 is 9.59 Å². The summed E-state index contributed by atoms with van der Waals surface area (Å²) in [5.74, 6) is -0.287. The molecule has 0 saturated carbocycles. The number of carbonyl (C=O) groups is 2. The fraction of sp³-hybridized carbons (Fsp3) is 0.273. The summed E-state index contributed by atoms with van der Waals surface area (Å²) in [4.78, 5) is 24.6. The topological polar surface area (TPSA) is 75.4 Å². The Labute approximate surface area is 93.2 Å². The molecule has 0 spiro atoms. The molecule has 5 heteroatoms. The highest BCUT2D eigenvalue weighted by atomic mass is 16.2. The third-order valence-electron chi connectivity index (χ3n) is 2.54. The third-order valence-corrected chi connectivity index (χ3v) is 2.54. The maximum absolute atomic E-state index is 11.7. The minimum atomic E-state index is -0.544. The van der Waals surface area contributed by atoms with Gasteiger partial charge in [0.1, 0.15) is 6.04 Å². The molecule has 2 rings (SSSR count). The van der Waals surface area contributed by atoms with Crippen LogP contribution in [0.4, 0.5) is 4.79 Å². The van der Waals surface area contributed by atoms with E-state index in [1.807, 2.05) is 30.3 Å². The highest BCUT2D eigenvalue weighted by Gasteiger charge is 2.38. The molecule has 1 atom stereocenters. The van der Waals surface area contributed by atoms with Crippen molar-refractivity contribution in [2.24, 2.45) is 5.73 Å². The van der Waals surface area contributed by atoms with E-state index in [-0.39, 0.29) is 11.9 Å². The molecule has 3 amide bonds. The maximum atomic E-state index is 11.7. The van der Waals surface area contributed by atoms with E-state index in [4.69, 9.17) is 5.73 Å². The van der Waals surface area contributed by atoms with Crippen molar-refractivity contribution in [3.8, 4) is 0 Å². The molecule has 1 saturated heterocycles. The second-order valence-electron chi connectivity index (χ2n) is 3.59. The lowest BCUT2D eigenvalue weighted by Gasteiger charge is -2.20. The molecule has 0 aromatic heterocycles. The predicted octanol–water partition coefficient (Wildman–Crippen LogP) is 0.238. The van der Waals surface area contributed by atoms with E-state index in [1.54, 1.807) is 0 Å². The van der Waals surface area contributed by atoms with Crippen LogP contribution < -0.4 is 11.1 Å². The number of nitrogens with one attached hydrogen (secondary N) is 1. The van der Waals surface area contributed by atoms with Crippen LogP contribution in [-0.4, -0.2) is 29.9 Å². The number of rotatable bonds is 3. The molecule has 1 aliphatic rings. The first-order chi connectivity index (χ1) is 7.74. The highest BCUT2D eigenvalue weighted by Crippen LogP contribution is 2.24. The molecular formula is C11H13N3O2. The van der Waals surface area contributed by atoms with Crippen LogP contribution in [0.25, 0.3) is 0 Å². The third kappa shape index (κ3) is 1.77. The van der Waals surface area contributed by atoms with Crippen LogP contribution in [0.2, 0.25) is 0 Å². The number of benzene rings is 1. The zero-order valence-electron chi connectivity index (χ0n) is 8.72. The fourth-order valence-corrected chi connectivity index (χ4v) is 1.84. The molecule has 0 aliphatic carbocycles. The summed E-state index contributed by atoms with van der Waals surface area (Å²) in [5, 5.41) is 2.29. The molecule has 16 heavy (non-hydrogen) atoms. The molecule has 1 unspecified atom stereocenters. The van der Waals surface area contributed by atoms with Gasteiger partial charge in [0.15, 0.2) is 0 Å². The predicted molar refractivity (Wildman–Crippen MR) is 58.5 cm³/mol. The molecule has 5 nitrogen and oxygen atoms in total. The van der Waals surface area contributed by atoms with Gasteiger partial charge in [-0.1, -0.05) is 30.3 Å². The molecule has 1 heterocycles. The lowest BCUT2D eigenvalue weighted by atomic mass is 10.1. The van der Waals surface area contributed by atoms with E-state index in [1.165, 1.54) is 4.90 Å². The van der Waals surface area contributed by atoms with Crippen molar-refractivity contribution in [2.45, 2.75) is 6.04 Å².